The van der Waals surface area contributed by atoms with E-state index in [0.717, 1.165) is 11.4 Å². The van der Waals surface area contributed by atoms with Gasteiger partial charge in [-0.2, -0.15) is 0 Å². The fourth-order valence-corrected chi connectivity index (χ4v) is 1.65. The van der Waals surface area contributed by atoms with Crippen molar-refractivity contribution in [1.82, 2.24) is 9.97 Å². The molecule has 92 valence electrons. The third-order valence-electron chi connectivity index (χ3n) is 2.44. The van der Waals surface area contributed by atoms with Crippen molar-refractivity contribution in [2.24, 2.45) is 0 Å². The van der Waals surface area contributed by atoms with E-state index in [0.29, 0.717) is 6.54 Å². The Hall–Kier alpha value is -2.43. The van der Waals surface area contributed by atoms with E-state index < -0.39 is 5.97 Å². The number of para-hydroxylation sites is 1. The van der Waals surface area contributed by atoms with Crippen LogP contribution in [0.5, 0.6) is 0 Å². The molecule has 1 heterocycles. The van der Waals surface area contributed by atoms with Crippen molar-refractivity contribution in [2.75, 3.05) is 11.4 Å². The molecule has 0 spiro atoms. The van der Waals surface area contributed by atoms with Crippen molar-refractivity contribution in [3.63, 3.8) is 0 Å². The van der Waals surface area contributed by atoms with Crippen LogP contribution in [0.4, 0.5) is 5.69 Å². The standard InChI is InChI=1S/C13H13N3O2/c17-13(18)9-16(12-4-2-1-3-5-12)8-11-6-7-14-10-15-11/h1-7,10H,8-9H2,(H,17,18). The summed E-state index contributed by atoms with van der Waals surface area (Å²) in [5.41, 5.74) is 1.65. The Morgan fingerprint density at radius 3 is 2.61 bits per heavy atom. The predicted molar refractivity (Wildman–Crippen MR) is 67.2 cm³/mol. The summed E-state index contributed by atoms with van der Waals surface area (Å²) in [6.07, 6.45) is 3.10. The fraction of sp³-hybridized carbons (Fsp3) is 0.154. The second kappa shape index (κ2) is 5.77. The molecule has 0 aliphatic carbocycles. The van der Waals surface area contributed by atoms with Gasteiger partial charge in [0, 0.05) is 11.9 Å². The van der Waals surface area contributed by atoms with E-state index in [1.54, 1.807) is 17.2 Å². The Bertz CT molecular complexity index is 502. The minimum Gasteiger partial charge on any atom is -0.480 e. The zero-order valence-corrected chi connectivity index (χ0v) is 9.73. The van der Waals surface area contributed by atoms with Crippen LogP contribution in [0.15, 0.2) is 48.9 Å². The first-order chi connectivity index (χ1) is 8.75. The number of nitrogens with zero attached hydrogens (tertiary/aromatic N) is 3. The Balaban J connectivity index is 2.18. The molecule has 1 aromatic carbocycles. The molecule has 0 radical (unpaired) electrons. The Morgan fingerprint density at radius 2 is 2.00 bits per heavy atom. The first-order valence-electron chi connectivity index (χ1n) is 5.52. The van der Waals surface area contributed by atoms with Crippen LogP contribution >= 0.6 is 0 Å². The van der Waals surface area contributed by atoms with Gasteiger partial charge in [0.1, 0.15) is 12.9 Å². The highest BCUT2D eigenvalue weighted by Gasteiger charge is 2.11. The first kappa shape index (κ1) is 12.0. The summed E-state index contributed by atoms with van der Waals surface area (Å²) < 4.78 is 0. The van der Waals surface area contributed by atoms with Crippen molar-refractivity contribution in [2.45, 2.75) is 6.54 Å². The quantitative estimate of drug-likeness (QED) is 0.863. The van der Waals surface area contributed by atoms with Gasteiger partial charge in [0.05, 0.1) is 12.2 Å². The lowest BCUT2D eigenvalue weighted by molar-refractivity contribution is -0.135. The molecule has 0 fully saturated rings. The zero-order chi connectivity index (χ0) is 12.8. The average Bonchev–Trinajstić information content (AvgIpc) is 2.40. The largest absolute Gasteiger partial charge is 0.480 e. The van der Waals surface area contributed by atoms with Gasteiger partial charge in [-0.1, -0.05) is 18.2 Å². The maximum Gasteiger partial charge on any atom is 0.323 e. The fourth-order valence-electron chi connectivity index (χ4n) is 1.65. The molecule has 2 aromatic rings. The number of benzene rings is 1. The second-order valence-electron chi connectivity index (χ2n) is 3.79. The van der Waals surface area contributed by atoms with E-state index >= 15 is 0 Å². The highest BCUT2D eigenvalue weighted by Crippen LogP contribution is 2.15. The molecule has 1 N–H and O–H groups in total. The molecule has 5 heteroatoms. The van der Waals surface area contributed by atoms with Gasteiger partial charge in [0.25, 0.3) is 0 Å². The van der Waals surface area contributed by atoms with Gasteiger partial charge in [0.2, 0.25) is 0 Å². The summed E-state index contributed by atoms with van der Waals surface area (Å²) in [4.78, 5) is 20.6. The molecule has 0 saturated carbocycles. The van der Waals surface area contributed by atoms with Gasteiger partial charge in [-0.15, -0.1) is 0 Å². The van der Waals surface area contributed by atoms with Gasteiger partial charge in [-0.05, 0) is 18.2 Å². The number of aliphatic carboxylic acids is 1. The van der Waals surface area contributed by atoms with E-state index in [1.807, 2.05) is 30.3 Å². The van der Waals surface area contributed by atoms with Gasteiger partial charge in [-0.25, -0.2) is 9.97 Å². The Labute approximate surface area is 105 Å². The van der Waals surface area contributed by atoms with E-state index in [4.69, 9.17) is 5.11 Å². The smallest absolute Gasteiger partial charge is 0.323 e. The van der Waals surface area contributed by atoms with Crippen molar-refractivity contribution in [3.05, 3.63) is 54.6 Å². The maximum absolute atomic E-state index is 10.9. The number of aromatic nitrogens is 2. The molecule has 18 heavy (non-hydrogen) atoms. The molecule has 2 rings (SSSR count). The lowest BCUT2D eigenvalue weighted by Crippen LogP contribution is -2.29. The summed E-state index contributed by atoms with van der Waals surface area (Å²) in [7, 11) is 0. The molecule has 0 amide bonds. The van der Waals surface area contributed by atoms with E-state index in [-0.39, 0.29) is 6.54 Å². The number of anilines is 1. The molecular formula is C13H13N3O2. The summed E-state index contributed by atoms with van der Waals surface area (Å²) in [5.74, 6) is -0.868. The number of hydrogen-bond donors (Lipinski definition) is 1. The molecule has 5 nitrogen and oxygen atoms in total. The van der Waals surface area contributed by atoms with Crippen LogP contribution in [-0.2, 0) is 11.3 Å². The summed E-state index contributed by atoms with van der Waals surface area (Å²) >= 11 is 0. The summed E-state index contributed by atoms with van der Waals surface area (Å²) in [6.45, 7) is 0.382. The predicted octanol–water partition coefficient (Wildman–Crippen LogP) is 1.57. The van der Waals surface area contributed by atoms with Crippen molar-refractivity contribution < 1.29 is 9.90 Å². The van der Waals surface area contributed by atoms with Crippen LogP contribution in [0.2, 0.25) is 0 Å². The summed E-state index contributed by atoms with van der Waals surface area (Å²) in [5, 5.41) is 8.95. The molecule has 0 saturated heterocycles. The molecular weight excluding hydrogens is 230 g/mol. The molecule has 0 aliphatic heterocycles. The number of hydrogen-bond acceptors (Lipinski definition) is 4. The highest BCUT2D eigenvalue weighted by atomic mass is 16.4. The minimum absolute atomic E-state index is 0.0615. The van der Waals surface area contributed by atoms with E-state index in [2.05, 4.69) is 9.97 Å². The maximum atomic E-state index is 10.9. The van der Waals surface area contributed by atoms with Crippen LogP contribution in [0.25, 0.3) is 0 Å². The molecule has 0 bridgehead atoms. The molecule has 0 aliphatic rings. The normalized spacial score (nSPS) is 10.0. The van der Waals surface area contributed by atoms with Crippen LogP contribution < -0.4 is 4.90 Å². The van der Waals surface area contributed by atoms with Gasteiger partial charge < -0.3 is 10.0 Å². The van der Waals surface area contributed by atoms with E-state index in [9.17, 15) is 4.79 Å². The SMILES string of the molecule is O=C(O)CN(Cc1ccncn1)c1ccccc1. The molecule has 0 unspecified atom stereocenters. The first-order valence-corrected chi connectivity index (χ1v) is 5.52. The number of carbonyl (C=O) groups is 1. The van der Waals surface area contributed by atoms with E-state index in [1.165, 1.54) is 6.33 Å². The van der Waals surface area contributed by atoms with Gasteiger partial charge >= 0.3 is 5.97 Å². The van der Waals surface area contributed by atoms with Crippen molar-refractivity contribution in [3.8, 4) is 0 Å². The van der Waals surface area contributed by atoms with Crippen molar-refractivity contribution >= 4 is 11.7 Å². The van der Waals surface area contributed by atoms with Crippen LogP contribution in [-0.4, -0.2) is 27.6 Å². The molecule has 0 atom stereocenters. The van der Waals surface area contributed by atoms with Crippen LogP contribution in [0, 0.1) is 0 Å². The summed E-state index contributed by atoms with van der Waals surface area (Å²) in [6, 6.07) is 11.2. The van der Waals surface area contributed by atoms with Gasteiger partial charge in [-0.3, -0.25) is 4.79 Å². The minimum atomic E-state index is -0.868. The van der Waals surface area contributed by atoms with Gasteiger partial charge in [0.15, 0.2) is 0 Å². The van der Waals surface area contributed by atoms with Crippen molar-refractivity contribution in [1.29, 1.82) is 0 Å². The topological polar surface area (TPSA) is 66.3 Å². The second-order valence-corrected chi connectivity index (χ2v) is 3.79. The average molecular weight is 243 g/mol. The van der Waals surface area contributed by atoms with Crippen LogP contribution in [0.1, 0.15) is 5.69 Å². The Morgan fingerprint density at radius 1 is 1.22 bits per heavy atom. The highest BCUT2D eigenvalue weighted by molar-refractivity contribution is 5.73. The number of carboxylic acid groups (broad SMARTS) is 1. The lowest BCUT2D eigenvalue weighted by Gasteiger charge is -2.22. The Kier molecular flexibility index (Phi) is 3.86. The lowest BCUT2D eigenvalue weighted by atomic mass is 10.2. The third-order valence-corrected chi connectivity index (χ3v) is 2.44. The third kappa shape index (κ3) is 3.28. The number of carboxylic acids is 1. The monoisotopic (exact) mass is 243 g/mol. The van der Waals surface area contributed by atoms with Crippen LogP contribution in [0.3, 0.4) is 0 Å². The number of rotatable bonds is 5. The zero-order valence-electron chi connectivity index (χ0n) is 9.73. The molecule has 1 aromatic heterocycles.